The normalized spacial score (nSPS) is 19.2. The first kappa shape index (κ1) is 9.98. The molecule has 0 aromatic rings. The Balaban J connectivity index is 2.60. The zero-order valence-corrected chi connectivity index (χ0v) is 7.69. The maximum Gasteiger partial charge on any atom is 0.232 e. The molecular formula is C8H14N2O3. The maximum absolute atomic E-state index is 11.3. The van der Waals surface area contributed by atoms with E-state index in [0.29, 0.717) is 19.6 Å². The Morgan fingerprint density at radius 2 is 2.00 bits per heavy atom. The summed E-state index contributed by atoms with van der Waals surface area (Å²) >= 11 is 0. The van der Waals surface area contributed by atoms with Crippen LogP contribution in [0.2, 0.25) is 0 Å². The van der Waals surface area contributed by atoms with Crippen LogP contribution in [0.25, 0.3) is 0 Å². The molecule has 0 aromatic carbocycles. The first-order valence-electron chi connectivity index (χ1n) is 4.27. The molecular weight excluding hydrogens is 172 g/mol. The van der Waals surface area contributed by atoms with Crippen molar-refractivity contribution in [2.45, 2.75) is 6.42 Å². The molecule has 1 aliphatic rings. The molecule has 0 bridgehead atoms. The lowest BCUT2D eigenvalue weighted by molar-refractivity contribution is -0.136. The van der Waals surface area contributed by atoms with Crippen LogP contribution < -0.4 is 0 Å². The molecule has 5 heteroatoms. The fraction of sp³-hybridized carbons (Fsp3) is 0.750. The van der Waals surface area contributed by atoms with Gasteiger partial charge in [-0.15, -0.1) is 0 Å². The summed E-state index contributed by atoms with van der Waals surface area (Å²) in [5.41, 5.74) is 0. The van der Waals surface area contributed by atoms with Gasteiger partial charge in [0.25, 0.3) is 0 Å². The van der Waals surface area contributed by atoms with Crippen LogP contribution in [0.5, 0.6) is 0 Å². The number of hydrogen-bond donors (Lipinski definition) is 1. The number of nitrogens with zero attached hydrogens (tertiary/aromatic N) is 2. The number of rotatable bonds is 2. The van der Waals surface area contributed by atoms with E-state index >= 15 is 0 Å². The molecule has 13 heavy (non-hydrogen) atoms. The predicted octanol–water partition coefficient (Wildman–Crippen LogP) is -1.33. The van der Waals surface area contributed by atoms with E-state index in [9.17, 15) is 9.59 Å². The summed E-state index contributed by atoms with van der Waals surface area (Å²) in [4.78, 5) is 25.6. The van der Waals surface area contributed by atoms with E-state index < -0.39 is 0 Å². The van der Waals surface area contributed by atoms with Crippen molar-refractivity contribution in [2.24, 2.45) is 0 Å². The molecule has 0 aromatic heterocycles. The Bertz CT molecular complexity index is 217. The van der Waals surface area contributed by atoms with Crippen molar-refractivity contribution in [3.8, 4) is 0 Å². The molecule has 0 aliphatic carbocycles. The molecule has 1 fully saturated rings. The molecule has 0 saturated carbocycles. The Morgan fingerprint density at radius 1 is 1.31 bits per heavy atom. The Morgan fingerprint density at radius 3 is 2.62 bits per heavy atom. The third-order valence-electron chi connectivity index (χ3n) is 2.16. The van der Waals surface area contributed by atoms with Gasteiger partial charge < -0.3 is 14.9 Å². The zero-order chi connectivity index (χ0) is 9.84. The number of likely N-dealkylation sites (N-methyl/N-ethyl adjacent to an activating group) is 1. The second-order valence-corrected chi connectivity index (χ2v) is 3.10. The van der Waals surface area contributed by atoms with Crippen LogP contribution in [-0.4, -0.2) is 60.0 Å². The van der Waals surface area contributed by atoms with E-state index in [1.54, 1.807) is 7.05 Å². The molecule has 0 radical (unpaired) electrons. The summed E-state index contributed by atoms with van der Waals surface area (Å²) in [5, 5.41) is 8.67. The largest absolute Gasteiger partial charge is 0.395 e. The topological polar surface area (TPSA) is 60.9 Å². The van der Waals surface area contributed by atoms with Crippen molar-refractivity contribution >= 4 is 11.8 Å². The molecule has 1 heterocycles. The summed E-state index contributed by atoms with van der Waals surface area (Å²) in [6.07, 6.45) is -0.0729. The average molecular weight is 186 g/mol. The fourth-order valence-corrected chi connectivity index (χ4v) is 1.25. The van der Waals surface area contributed by atoms with Gasteiger partial charge in [0.2, 0.25) is 11.8 Å². The van der Waals surface area contributed by atoms with Gasteiger partial charge >= 0.3 is 0 Å². The van der Waals surface area contributed by atoms with Gasteiger partial charge in [-0.1, -0.05) is 0 Å². The van der Waals surface area contributed by atoms with E-state index in [1.807, 2.05) is 0 Å². The molecule has 2 amide bonds. The maximum atomic E-state index is 11.3. The Kier molecular flexibility index (Phi) is 3.25. The minimum atomic E-state index is -0.191. The highest BCUT2D eigenvalue weighted by molar-refractivity contribution is 5.97. The fourth-order valence-electron chi connectivity index (χ4n) is 1.25. The van der Waals surface area contributed by atoms with E-state index in [-0.39, 0.29) is 24.8 Å². The third-order valence-corrected chi connectivity index (χ3v) is 2.16. The molecule has 0 unspecified atom stereocenters. The Labute approximate surface area is 76.9 Å². The number of amides is 2. The van der Waals surface area contributed by atoms with E-state index in [4.69, 9.17) is 5.11 Å². The number of carbonyl (C=O) groups is 2. The second kappa shape index (κ2) is 4.23. The smallest absolute Gasteiger partial charge is 0.232 e. The first-order valence-corrected chi connectivity index (χ1v) is 4.27. The van der Waals surface area contributed by atoms with Crippen molar-refractivity contribution in [1.82, 2.24) is 9.80 Å². The SMILES string of the molecule is CN1CCN(CCO)C(=O)CC1=O. The highest BCUT2D eigenvalue weighted by atomic mass is 16.3. The number of hydrogen-bond acceptors (Lipinski definition) is 3. The van der Waals surface area contributed by atoms with Crippen molar-refractivity contribution in [3.63, 3.8) is 0 Å². The van der Waals surface area contributed by atoms with Crippen LogP contribution in [0.15, 0.2) is 0 Å². The summed E-state index contributed by atoms with van der Waals surface area (Å²) < 4.78 is 0. The highest BCUT2D eigenvalue weighted by Gasteiger charge is 2.23. The third kappa shape index (κ3) is 2.42. The van der Waals surface area contributed by atoms with Crippen LogP contribution in [0, 0.1) is 0 Å². The van der Waals surface area contributed by atoms with Gasteiger partial charge in [-0.2, -0.15) is 0 Å². The van der Waals surface area contributed by atoms with Crippen molar-refractivity contribution in [2.75, 3.05) is 33.3 Å². The quantitative estimate of drug-likeness (QED) is 0.543. The molecule has 5 nitrogen and oxygen atoms in total. The first-order chi connectivity index (χ1) is 6.15. The monoisotopic (exact) mass is 186 g/mol. The van der Waals surface area contributed by atoms with Gasteiger partial charge in [-0.25, -0.2) is 0 Å². The van der Waals surface area contributed by atoms with Crippen LogP contribution in [-0.2, 0) is 9.59 Å². The summed E-state index contributed by atoms with van der Waals surface area (Å²) in [6.45, 7) is 1.33. The van der Waals surface area contributed by atoms with Gasteiger partial charge in [0.05, 0.1) is 6.61 Å². The van der Waals surface area contributed by atoms with Crippen molar-refractivity contribution in [3.05, 3.63) is 0 Å². The standard InChI is InChI=1S/C8H14N2O3/c1-9-2-3-10(4-5-11)8(13)6-7(9)12/h11H,2-6H2,1H3. The van der Waals surface area contributed by atoms with Gasteiger partial charge in [0.15, 0.2) is 0 Å². The Hall–Kier alpha value is -1.10. The van der Waals surface area contributed by atoms with E-state index in [1.165, 1.54) is 9.80 Å². The minimum Gasteiger partial charge on any atom is -0.395 e. The average Bonchev–Trinajstić information content (AvgIpc) is 2.20. The van der Waals surface area contributed by atoms with E-state index in [0.717, 1.165) is 0 Å². The summed E-state index contributed by atoms with van der Waals surface area (Å²) in [5.74, 6) is -0.339. The molecule has 1 N–H and O–H groups in total. The van der Waals surface area contributed by atoms with Crippen LogP contribution in [0.4, 0.5) is 0 Å². The van der Waals surface area contributed by atoms with Crippen LogP contribution in [0.1, 0.15) is 6.42 Å². The van der Waals surface area contributed by atoms with Gasteiger partial charge in [0.1, 0.15) is 6.42 Å². The lowest BCUT2D eigenvalue weighted by atomic mass is 10.3. The zero-order valence-electron chi connectivity index (χ0n) is 7.69. The van der Waals surface area contributed by atoms with Gasteiger partial charge in [0, 0.05) is 26.7 Å². The number of carbonyl (C=O) groups excluding carboxylic acids is 2. The molecule has 1 rings (SSSR count). The molecule has 74 valence electrons. The van der Waals surface area contributed by atoms with Crippen LogP contribution in [0.3, 0.4) is 0 Å². The molecule has 1 saturated heterocycles. The van der Waals surface area contributed by atoms with Gasteiger partial charge in [-0.05, 0) is 0 Å². The second-order valence-electron chi connectivity index (χ2n) is 3.10. The minimum absolute atomic E-state index is 0.0519. The number of aliphatic hydroxyl groups excluding tert-OH is 1. The van der Waals surface area contributed by atoms with Crippen molar-refractivity contribution < 1.29 is 14.7 Å². The predicted molar refractivity (Wildman–Crippen MR) is 45.9 cm³/mol. The lowest BCUT2D eigenvalue weighted by Crippen LogP contribution is -2.34. The number of β-amino-alcohol motifs (C(OH)–C–C–N with tert-alkyl or cyclic N) is 1. The van der Waals surface area contributed by atoms with Crippen LogP contribution >= 0.6 is 0 Å². The molecule has 0 spiro atoms. The summed E-state index contributed by atoms with van der Waals surface area (Å²) in [6, 6.07) is 0. The summed E-state index contributed by atoms with van der Waals surface area (Å²) in [7, 11) is 1.68. The van der Waals surface area contributed by atoms with E-state index in [2.05, 4.69) is 0 Å². The molecule has 0 atom stereocenters. The lowest BCUT2D eigenvalue weighted by Gasteiger charge is -2.18. The molecule has 1 aliphatic heterocycles. The van der Waals surface area contributed by atoms with Gasteiger partial charge in [-0.3, -0.25) is 9.59 Å². The number of aliphatic hydroxyl groups is 1. The van der Waals surface area contributed by atoms with Crippen molar-refractivity contribution in [1.29, 1.82) is 0 Å². The highest BCUT2D eigenvalue weighted by Crippen LogP contribution is 2.03.